The van der Waals surface area contributed by atoms with Crippen LogP contribution in [0.1, 0.15) is 32.3 Å². The van der Waals surface area contributed by atoms with Gasteiger partial charge in [0.05, 0.1) is 0 Å². The third-order valence-corrected chi connectivity index (χ3v) is 4.68. The van der Waals surface area contributed by atoms with Crippen LogP contribution in [0.4, 0.5) is 10.5 Å². The van der Waals surface area contributed by atoms with Crippen LogP contribution in [-0.4, -0.2) is 36.6 Å². The van der Waals surface area contributed by atoms with Crippen LogP contribution < -0.4 is 10.6 Å². The van der Waals surface area contributed by atoms with Gasteiger partial charge < -0.3 is 10.6 Å². The van der Waals surface area contributed by atoms with Crippen molar-refractivity contribution in [2.75, 3.05) is 24.5 Å². The monoisotopic (exact) mass is 273 g/mol. The van der Waals surface area contributed by atoms with Gasteiger partial charge in [-0.25, -0.2) is 4.79 Å². The Bertz CT molecular complexity index is 522. The van der Waals surface area contributed by atoms with Gasteiger partial charge in [-0.15, -0.1) is 0 Å². The number of nitrogens with two attached hydrogens (primary N) is 1. The first-order chi connectivity index (χ1) is 9.57. The Labute approximate surface area is 120 Å². The standard InChI is InChI=1S/C16H23N3O/c1-12(2)18-8-9-19(15(18)20)14-5-3-4-13(10-14)16(11-17)6-7-16/h3-5,10,12H,6-9,11,17H2,1-2H3. The number of carbonyl (C=O) groups is 1. The highest BCUT2D eigenvalue weighted by Crippen LogP contribution is 2.47. The first-order valence-corrected chi connectivity index (χ1v) is 7.46. The number of hydrogen-bond donors (Lipinski definition) is 1. The van der Waals surface area contributed by atoms with Gasteiger partial charge in [-0.3, -0.25) is 4.90 Å². The molecule has 1 aromatic rings. The van der Waals surface area contributed by atoms with E-state index in [1.165, 1.54) is 18.4 Å². The zero-order chi connectivity index (χ0) is 14.3. The number of amides is 2. The molecule has 108 valence electrons. The lowest BCUT2D eigenvalue weighted by Gasteiger charge is -2.23. The van der Waals surface area contributed by atoms with Crippen molar-refractivity contribution in [2.45, 2.75) is 38.1 Å². The minimum absolute atomic E-state index is 0.120. The predicted molar refractivity (Wildman–Crippen MR) is 81.0 cm³/mol. The normalized spacial score (nSPS) is 20.9. The molecule has 2 fully saturated rings. The molecule has 2 N–H and O–H groups in total. The maximum atomic E-state index is 12.4. The molecule has 0 aromatic heterocycles. The van der Waals surface area contributed by atoms with Crippen molar-refractivity contribution in [3.8, 4) is 0 Å². The highest BCUT2D eigenvalue weighted by molar-refractivity contribution is 5.94. The minimum atomic E-state index is 0.120. The van der Waals surface area contributed by atoms with Gasteiger partial charge in [0.2, 0.25) is 0 Å². The van der Waals surface area contributed by atoms with E-state index in [0.717, 1.165) is 18.8 Å². The van der Waals surface area contributed by atoms with Crippen molar-refractivity contribution >= 4 is 11.7 Å². The summed E-state index contributed by atoms with van der Waals surface area (Å²) in [7, 11) is 0. The summed E-state index contributed by atoms with van der Waals surface area (Å²) in [6.07, 6.45) is 2.33. The molecule has 1 saturated carbocycles. The van der Waals surface area contributed by atoms with Gasteiger partial charge in [0.1, 0.15) is 0 Å². The fraction of sp³-hybridized carbons (Fsp3) is 0.562. The van der Waals surface area contributed by atoms with Crippen LogP contribution >= 0.6 is 0 Å². The fourth-order valence-corrected chi connectivity index (χ4v) is 3.04. The van der Waals surface area contributed by atoms with Crippen LogP contribution in [0.2, 0.25) is 0 Å². The molecule has 0 spiro atoms. The molecular formula is C16H23N3O. The summed E-state index contributed by atoms with van der Waals surface area (Å²) in [4.78, 5) is 16.2. The van der Waals surface area contributed by atoms with E-state index >= 15 is 0 Å². The lowest BCUT2D eigenvalue weighted by atomic mass is 9.95. The molecule has 0 atom stereocenters. The van der Waals surface area contributed by atoms with Crippen LogP contribution in [0.5, 0.6) is 0 Å². The molecule has 0 radical (unpaired) electrons. The first-order valence-electron chi connectivity index (χ1n) is 7.46. The smallest absolute Gasteiger partial charge is 0.324 e. The van der Waals surface area contributed by atoms with Gasteiger partial charge in [-0.1, -0.05) is 12.1 Å². The van der Waals surface area contributed by atoms with Gasteiger partial charge in [0, 0.05) is 36.8 Å². The molecule has 1 aliphatic carbocycles. The first kappa shape index (κ1) is 13.4. The molecule has 4 nitrogen and oxygen atoms in total. The van der Waals surface area contributed by atoms with E-state index in [1.807, 2.05) is 21.9 Å². The molecule has 2 aliphatic rings. The average Bonchev–Trinajstić information content (AvgIpc) is 3.16. The van der Waals surface area contributed by atoms with Crippen LogP contribution in [0.25, 0.3) is 0 Å². The zero-order valence-corrected chi connectivity index (χ0v) is 12.3. The van der Waals surface area contributed by atoms with Crippen LogP contribution in [0.3, 0.4) is 0 Å². The molecule has 3 rings (SSSR count). The Balaban J connectivity index is 1.85. The SMILES string of the molecule is CC(C)N1CCN(c2cccc(C3(CN)CC3)c2)C1=O. The third-order valence-electron chi connectivity index (χ3n) is 4.68. The number of nitrogens with zero attached hydrogens (tertiary/aromatic N) is 2. The summed E-state index contributed by atoms with van der Waals surface area (Å²) in [6.45, 7) is 6.40. The Morgan fingerprint density at radius 1 is 1.30 bits per heavy atom. The number of urea groups is 1. The summed E-state index contributed by atoms with van der Waals surface area (Å²) in [6, 6.07) is 8.75. The van der Waals surface area contributed by atoms with Gasteiger partial charge in [0.25, 0.3) is 0 Å². The Morgan fingerprint density at radius 3 is 2.60 bits per heavy atom. The number of hydrogen-bond acceptors (Lipinski definition) is 2. The quantitative estimate of drug-likeness (QED) is 0.915. The zero-order valence-electron chi connectivity index (χ0n) is 12.3. The highest BCUT2D eigenvalue weighted by atomic mass is 16.2. The molecule has 1 saturated heterocycles. The van der Waals surface area contributed by atoms with Crippen LogP contribution in [-0.2, 0) is 5.41 Å². The molecule has 4 heteroatoms. The molecule has 2 amide bonds. The third kappa shape index (κ3) is 2.08. The predicted octanol–water partition coefficient (Wildman–Crippen LogP) is 2.33. The van der Waals surface area contributed by atoms with Crippen molar-refractivity contribution in [2.24, 2.45) is 5.73 Å². The van der Waals surface area contributed by atoms with E-state index in [4.69, 9.17) is 5.73 Å². The summed E-state index contributed by atoms with van der Waals surface area (Å²) in [5.74, 6) is 0. The van der Waals surface area contributed by atoms with E-state index in [0.29, 0.717) is 6.54 Å². The van der Waals surface area contributed by atoms with E-state index in [-0.39, 0.29) is 17.5 Å². The van der Waals surface area contributed by atoms with Crippen LogP contribution in [0.15, 0.2) is 24.3 Å². The summed E-state index contributed by atoms with van der Waals surface area (Å²) >= 11 is 0. The minimum Gasteiger partial charge on any atom is -0.330 e. The van der Waals surface area contributed by atoms with Gasteiger partial charge in [-0.05, 0) is 44.4 Å². The highest BCUT2D eigenvalue weighted by Gasteiger charge is 2.43. The molecule has 1 aliphatic heterocycles. The summed E-state index contributed by atoms with van der Waals surface area (Å²) in [5, 5.41) is 0. The van der Waals surface area contributed by atoms with E-state index in [9.17, 15) is 4.79 Å². The molecule has 1 heterocycles. The lowest BCUT2D eigenvalue weighted by Crippen LogP contribution is -2.36. The second-order valence-corrected chi connectivity index (χ2v) is 6.26. The molecular weight excluding hydrogens is 250 g/mol. The van der Waals surface area contributed by atoms with E-state index in [1.54, 1.807) is 0 Å². The maximum absolute atomic E-state index is 12.4. The fourth-order valence-electron chi connectivity index (χ4n) is 3.04. The molecule has 1 aromatic carbocycles. The topological polar surface area (TPSA) is 49.6 Å². The molecule has 0 unspecified atom stereocenters. The number of anilines is 1. The van der Waals surface area contributed by atoms with Crippen molar-refractivity contribution in [1.29, 1.82) is 0 Å². The van der Waals surface area contributed by atoms with E-state index in [2.05, 4.69) is 26.0 Å². The number of benzene rings is 1. The second-order valence-electron chi connectivity index (χ2n) is 6.26. The van der Waals surface area contributed by atoms with Gasteiger partial charge in [-0.2, -0.15) is 0 Å². The lowest BCUT2D eigenvalue weighted by molar-refractivity contribution is 0.209. The van der Waals surface area contributed by atoms with Crippen molar-refractivity contribution in [3.05, 3.63) is 29.8 Å². The summed E-state index contributed by atoms with van der Waals surface area (Å²) in [5.41, 5.74) is 8.38. The largest absolute Gasteiger partial charge is 0.330 e. The van der Waals surface area contributed by atoms with Crippen molar-refractivity contribution in [1.82, 2.24) is 4.90 Å². The van der Waals surface area contributed by atoms with Gasteiger partial charge >= 0.3 is 6.03 Å². The Hall–Kier alpha value is -1.55. The number of carbonyl (C=O) groups excluding carboxylic acids is 1. The second kappa shape index (κ2) is 4.77. The van der Waals surface area contributed by atoms with E-state index < -0.39 is 0 Å². The average molecular weight is 273 g/mol. The van der Waals surface area contributed by atoms with Crippen LogP contribution in [0, 0.1) is 0 Å². The van der Waals surface area contributed by atoms with Crippen molar-refractivity contribution < 1.29 is 4.79 Å². The Kier molecular flexibility index (Phi) is 3.21. The molecule has 0 bridgehead atoms. The van der Waals surface area contributed by atoms with Crippen molar-refractivity contribution in [3.63, 3.8) is 0 Å². The Morgan fingerprint density at radius 2 is 2.05 bits per heavy atom. The number of rotatable bonds is 4. The molecule has 20 heavy (non-hydrogen) atoms. The van der Waals surface area contributed by atoms with Gasteiger partial charge in [0.15, 0.2) is 0 Å². The maximum Gasteiger partial charge on any atom is 0.324 e. The summed E-state index contributed by atoms with van der Waals surface area (Å²) < 4.78 is 0.